The van der Waals surface area contributed by atoms with Crippen LogP contribution < -0.4 is 42.5 Å². The molecule has 1 saturated carbocycles. The molecule has 266 valence electrons. The maximum atomic E-state index is 14.2. The minimum absolute atomic E-state index is 0.0943. The molecule has 7 rings (SSSR count). The average Bonchev–Trinajstić information content (AvgIpc) is 3.21. The summed E-state index contributed by atoms with van der Waals surface area (Å²) in [4.78, 5) is 28.5. The molecule has 0 heterocycles. The fraction of sp³-hybridized carbons (Fsp3) is 0.136. The van der Waals surface area contributed by atoms with Crippen molar-refractivity contribution in [3.63, 3.8) is 0 Å². The number of carbonyl (C=O) groups is 2. The molecule has 4 nitrogen and oxygen atoms in total. The predicted octanol–water partition coefficient (Wildman–Crippen LogP) is 7.36. The molecule has 0 saturated heterocycles. The van der Waals surface area contributed by atoms with Crippen molar-refractivity contribution in [1.29, 1.82) is 0 Å². The van der Waals surface area contributed by atoms with Gasteiger partial charge in [-0.25, -0.2) is 0 Å². The van der Waals surface area contributed by atoms with Gasteiger partial charge in [-0.3, -0.25) is 9.59 Å². The van der Waals surface area contributed by atoms with Crippen molar-refractivity contribution in [2.75, 3.05) is 0 Å². The molecule has 2 amide bonds. The first-order chi connectivity index (χ1) is 25.7. The van der Waals surface area contributed by atoms with Crippen LogP contribution in [-0.2, 0) is 15.1 Å². The van der Waals surface area contributed by atoms with Gasteiger partial charge in [-0.2, -0.15) is 0 Å². The number of benzene rings is 6. The molecule has 0 aliphatic heterocycles. The third-order valence-electron chi connectivity index (χ3n) is 9.24. The van der Waals surface area contributed by atoms with E-state index in [9.17, 15) is 9.59 Å². The number of amides is 2. The Balaban J connectivity index is 0.00000228. The summed E-state index contributed by atoms with van der Waals surface area (Å²) in [6, 6.07) is 57.5. The number of hydrogen-bond donors (Lipinski definition) is 2. The van der Waals surface area contributed by atoms with Crippen molar-refractivity contribution < 1.29 is 24.7 Å². The van der Waals surface area contributed by atoms with Gasteiger partial charge in [0.2, 0.25) is 0 Å². The van der Waals surface area contributed by atoms with E-state index in [4.69, 9.17) is 0 Å². The van der Waals surface area contributed by atoms with Crippen LogP contribution in [0.1, 0.15) is 46.4 Å². The summed E-state index contributed by atoms with van der Waals surface area (Å²) in [6.07, 6.45) is 3.63. The monoisotopic (exact) mass is 788 g/mol. The predicted molar refractivity (Wildman–Crippen MR) is 217 cm³/mol. The van der Waals surface area contributed by atoms with Gasteiger partial charge < -0.3 is 10.6 Å². The number of rotatable bonds is 10. The third-order valence-corrected chi connectivity index (χ3v) is 14.2. The molecular formula is C44H40ClCuN2O2P2. The van der Waals surface area contributed by atoms with Gasteiger partial charge in [0, 0.05) is 23.2 Å². The molecule has 1 fully saturated rings. The molecule has 2 atom stereocenters. The van der Waals surface area contributed by atoms with E-state index in [1.54, 1.807) is 0 Å². The zero-order valence-electron chi connectivity index (χ0n) is 28.5. The zero-order chi connectivity index (χ0) is 36.1. The first kappa shape index (κ1) is 37.7. The van der Waals surface area contributed by atoms with Gasteiger partial charge in [0.25, 0.3) is 11.8 Å². The van der Waals surface area contributed by atoms with Gasteiger partial charge in [0.05, 0.1) is 0 Å². The van der Waals surface area contributed by atoms with Gasteiger partial charge in [-0.1, -0.05) is 171 Å². The average molecular weight is 790 g/mol. The molecular weight excluding hydrogens is 749 g/mol. The topological polar surface area (TPSA) is 58.2 Å². The van der Waals surface area contributed by atoms with Gasteiger partial charge in [-0.05, 0) is 72.6 Å². The van der Waals surface area contributed by atoms with Crippen molar-refractivity contribution in [3.8, 4) is 0 Å². The molecule has 0 unspecified atom stereocenters. The Morgan fingerprint density at radius 2 is 0.712 bits per heavy atom. The quantitative estimate of drug-likeness (QED) is 0.113. The summed E-state index contributed by atoms with van der Waals surface area (Å²) in [5.41, 5.74) is 1.37. The van der Waals surface area contributed by atoms with Crippen LogP contribution in [0.25, 0.3) is 0 Å². The molecule has 8 heteroatoms. The van der Waals surface area contributed by atoms with E-state index in [2.05, 4.69) is 145 Å². The summed E-state index contributed by atoms with van der Waals surface area (Å²) in [5.74, 6) is -0.189. The van der Waals surface area contributed by atoms with E-state index in [1.165, 1.54) is 21.2 Å². The second-order valence-electron chi connectivity index (χ2n) is 12.5. The zero-order valence-corrected chi connectivity index (χ0v) is 32.0. The standard InChI is InChI=1S/C44H40N2O2P2.ClH.Cu/c47-43(37-27-13-17-31-41(37)49(33-19-5-1-6-20-33)34-21-7-2-8-22-34)45-39-29-15-16-30-40(39)46-44(48)38-28-14-18-32-42(38)50(35-23-9-3-10-24-35)36-25-11-4-12-26-36;;/h1-14,17-28,31-32,39-40H,15-16,29-30H2,(H,45,47)(H,46,48);1H;/q;;+1/p-1/t39-,40-;;/m0../s1. The van der Waals surface area contributed by atoms with Crippen LogP contribution in [0.4, 0.5) is 0 Å². The van der Waals surface area contributed by atoms with Crippen molar-refractivity contribution in [3.05, 3.63) is 181 Å². The molecule has 1 aliphatic rings. The molecule has 6 aromatic rings. The van der Waals surface area contributed by atoms with Crippen molar-refractivity contribution in [2.24, 2.45) is 0 Å². The fourth-order valence-electron chi connectivity index (χ4n) is 6.85. The Labute approximate surface area is 322 Å². The van der Waals surface area contributed by atoms with Crippen LogP contribution >= 0.6 is 25.9 Å². The molecule has 0 bridgehead atoms. The SMILES string of the molecule is O=C(N[C@H]1CCCC[C@@H]1NC(=O)c1ccccc1P(c1ccccc1)c1ccccc1)c1ccccc1P(c1ccccc1)c1ccccc1.[Cl][Cu]. The summed E-state index contributed by atoms with van der Waals surface area (Å²) < 4.78 is 0. The fourth-order valence-corrected chi connectivity index (χ4v) is 11.7. The van der Waals surface area contributed by atoms with Crippen LogP contribution in [-0.4, -0.2) is 23.9 Å². The van der Waals surface area contributed by atoms with E-state index in [1.807, 2.05) is 60.7 Å². The van der Waals surface area contributed by atoms with Crippen LogP contribution in [0.2, 0.25) is 0 Å². The van der Waals surface area contributed by atoms with Gasteiger partial charge >= 0.3 is 25.2 Å². The first-order valence-corrected chi connectivity index (χ1v) is 21.4. The summed E-state index contributed by atoms with van der Waals surface area (Å²) in [5, 5.41) is 13.6. The van der Waals surface area contributed by atoms with Crippen LogP contribution in [0, 0.1) is 0 Å². The van der Waals surface area contributed by atoms with E-state index < -0.39 is 15.8 Å². The van der Waals surface area contributed by atoms with Gasteiger partial charge in [0.15, 0.2) is 0 Å². The number of nitrogens with one attached hydrogen (secondary N) is 2. The Bertz CT molecular complexity index is 1810. The van der Waals surface area contributed by atoms with Crippen molar-refractivity contribution in [2.45, 2.75) is 37.8 Å². The van der Waals surface area contributed by atoms with Crippen LogP contribution in [0.15, 0.2) is 170 Å². The van der Waals surface area contributed by atoms with E-state index in [0.717, 1.165) is 36.3 Å². The summed E-state index contributed by atoms with van der Waals surface area (Å²) >= 11 is 3.66. The maximum absolute atomic E-state index is 14.2. The van der Waals surface area contributed by atoms with Crippen LogP contribution in [0.5, 0.6) is 0 Å². The molecule has 6 aromatic carbocycles. The molecule has 52 heavy (non-hydrogen) atoms. The van der Waals surface area contributed by atoms with Gasteiger partial charge in [-0.15, -0.1) is 0 Å². The molecule has 0 spiro atoms. The first-order valence-electron chi connectivity index (χ1n) is 17.4. The Kier molecular flexibility index (Phi) is 13.9. The second kappa shape index (κ2) is 19.1. The number of halogens is 1. The minimum atomic E-state index is -0.955. The molecule has 2 N–H and O–H groups in total. The van der Waals surface area contributed by atoms with Crippen molar-refractivity contribution in [1.82, 2.24) is 10.6 Å². The van der Waals surface area contributed by atoms with Crippen molar-refractivity contribution >= 4 is 69.6 Å². The molecule has 1 aliphatic carbocycles. The second-order valence-corrected chi connectivity index (χ2v) is 16.9. The normalized spacial score (nSPS) is 15.3. The Hall–Kier alpha value is -4.07. The Morgan fingerprint density at radius 1 is 0.442 bits per heavy atom. The summed E-state index contributed by atoms with van der Waals surface area (Å²) in [7, 11) is 2.29. The van der Waals surface area contributed by atoms with E-state index >= 15 is 0 Å². The van der Waals surface area contributed by atoms with E-state index in [-0.39, 0.29) is 23.9 Å². The third kappa shape index (κ3) is 9.10. The number of hydrogen-bond acceptors (Lipinski definition) is 2. The number of carbonyl (C=O) groups excluding carboxylic acids is 2. The molecule has 0 radical (unpaired) electrons. The van der Waals surface area contributed by atoms with E-state index in [0.29, 0.717) is 11.1 Å². The Morgan fingerprint density at radius 3 is 1.02 bits per heavy atom. The molecule has 0 aromatic heterocycles. The van der Waals surface area contributed by atoms with Gasteiger partial charge in [0.1, 0.15) is 0 Å². The summed E-state index contributed by atoms with van der Waals surface area (Å²) in [6.45, 7) is 0. The van der Waals surface area contributed by atoms with Crippen LogP contribution in [0.3, 0.4) is 0 Å².